The van der Waals surface area contributed by atoms with Gasteiger partial charge >= 0.3 is 17.9 Å². The molecule has 0 radical (unpaired) electrons. The lowest BCUT2D eigenvalue weighted by Gasteiger charge is -2.18. The Balaban J connectivity index is 4.58. The van der Waals surface area contributed by atoms with E-state index >= 15 is 0 Å². The molecule has 376 valence electrons. The van der Waals surface area contributed by atoms with Crippen molar-refractivity contribution in [3.63, 3.8) is 0 Å². The van der Waals surface area contributed by atoms with Gasteiger partial charge in [0.1, 0.15) is 13.2 Å². The minimum atomic E-state index is -0.831. The van der Waals surface area contributed by atoms with E-state index in [1.165, 1.54) is 32.1 Å². The van der Waals surface area contributed by atoms with Gasteiger partial charge in [0.15, 0.2) is 6.10 Å². The zero-order valence-corrected chi connectivity index (χ0v) is 42.9. The Morgan fingerprint density at radius 3 is 1.07 bits per heavy atom. The molecular formula is C61H96O6. The Labute approximate surface area is 411 Å². The van der Waals surface area contributed by atoms with Gasteiger partial charge in [0.25, 0.3) is 0 Å². The molecule has 0 aromatic carbocycles. The molecular weight excluding hydrogens is 829 g/mol. The fourth-order valence-corrected chi connectivity index (χ4v) is 6.73. The van der Waals surface area contributed by atoms with E-state index < -0.39 is 6.10 Å². The number of carbonyl (C=O) groups is 3. The molecule has 0 heterocycles. The highest BCUT2D eigenvalue weighted by atomic mass is 16.6. The smallest absolute Gasteiger partial charge is 0.306 e. The van der Waals surface area contributed by atoms with E-state index in [1.54, 1.807) is 0 Å². The van der Waals surface area contributed by atoms with Crippen LogP contribution in [0.15, 0.2) is 134 Å². The van der Waals surface area contributed by atoms with E-state index in [9.17, 15) is 14.4 Å². The van der Waals surface area contributed by atoms with Crippen molar-refractivity contribution >= 4 is 17.9 Å². The summed E-state index contributed by atoms with van der Waals surface area (Å²) in [6.45, 7) is 6.29. The first-order valence-corrected chi connectivity index (χ1v) is 26.7. The molecule has 0 bridgehead atoms. The second-order valence-corrected chi connectivity index (χ2v) is 17.1. The molecule has 0 spiro atoms. The summed E-state index contributed by atoms with van der Waals surface area (Å²) in [5.41, 5.74) is 0. The molecule has 0 aliphatic carbocycles. The predicted molar refractivity (Wildman–Crippen MR) is 288 cm³/mol. The average Bonchev–Trinajstić information content (AvgIpc) is 3.33. The number of rotatable bonds is 46. The molecule has 0 aromatic heterocycles. The molecule has 0 aliphatic rings. The maximum atomic E-state index is 12.8. The third kappa shape index (κ3) is 52.4. The molecule has 6 nitrogen and oxygen atoms in total. The maximum Gasteiger partial charge on any atom is 0.306 e. The molecule has 0 amide bonds. The number of carbonyl (C=O) groups excluding carboxylic acids is 3. The zero-order chi connectivity index (χ0) is 48.6. The Kier molecular flexibility index (Phi) is 50.6. The zero-order valence-electron chi connectivity index (χ0n) is 42.9. The molecule has 6 heteroatoms. The maximum absolute atomic E-state index is 12.8. The van der Waals surface area contributed by atoms with Gasteiger partial charge in [-0.15, -0.1) is 0 Å². The van der Waals surface area contributed by atoms with Crippen molar-refractivity contribution in [3.8, 4) is 0 Å². The van der Waals surface area contributed by atoms with Crippen LogP contribution in [0.2, 0.25) is 0 Å². The van der Waals surface area contributed by atoms with Gasteiger partial charge in [0.2, 0.25) is 0 Å². The highest BCUT2D eigenvalue weighted by Gasteiger charge is 2.19. The van der Waals surface area contributed by atoms with Crippen LogP contribution in [0.5, 0.6) is 0 Å². The molecule has 0 fully saturated rings. The van der Waals surface area contributed by atoms with Gasteiger partial charge in [0, 0.05) is 19.3 Å². The fourth-order valence-electron chi connectivity index (χ4n) is 6.73. The topological polar surface area (TPSA) is 78.9 Å². The first kappa shape index (κ1) is 62.5. The van der Waals surface area contributed by atoms with Gasteiger partial charge in [-0.2, -0.15) is 0 Å². The lowest BCUT2D eigenvalue weighted by atomic mass is 10.1. The monoisotopic (exact) mass is 925 g/mol. The number of unbranched alkanes of at least 4 members (excludes halogenated alkanes) is 15. The van der Waals surface area contributed by atoms with E-state index in [2.05, 4.69) is 154 Å². The SMILES string of the molecule is CC/C=C\C/C=C\C/C=C\C/C=C\C/C=C\CCCC(=O)OC(COC(=O)CCCCCC/C=C\C/C=C\C/C=C\CC)COC(=O)CCCCCCC\C=C/C=C\C=C/CCCCCCC. The Hall–Kier alpha value is -4.45. The van der Waals surface area contributed by atoms with Crippen molar-refractivity contribution in [1.82, 2.24) is 0 Å². The van der Waals surface area contributed by atoms with Crippen LogP contribution in [0.3, 0.4) is 0 Å². The molecule has 67 heavy (non-hydrogen) atoms. The minimum Gasteiger partial charge on any atom is -0.462 e. The summed E-state index contributed by atoms with van der Waals surface area (Å²) in [5, 5.41) is 0. The fraction of sp³-hybridized carbons (Fsp3) is 0.590. The molecule has 0 aromatic rings. The van der Waals surface area contributed by atoms with E-state index in [-0.39, 0.29) is 37.5 Å². The third-order valence-corrected chi connectivity index (χ3v) is 10.7. The highest BCUT2D eigenvalue weighted by molar-refractivity contribution is 5.71. The van der Waals surface area contributed by atoms with Gasteiger partial charge in [-0.05, 0) is 116 Å². The van der Waals surface area contributed by atoms with Gasteiger partial charge in [0.05, 0.1) is 0 Å². The van der Waals surface area contributed by atoms with Crippen LogP contribution < -0.4 is 0 Å². The lowest BCUT2D eigenvalue weighted by molar-refractivity contribution is -0.167. The number of allylic oxidation sites excluding steroid dienone is 22. The molecule has 0 aliphatic heterocycles. The summed E-state index contributed by atoms with van der Waals surface area (Å²) < 4.78 is 16.7. The first-order valence-electron chi connectivity index (χ1n) is 26.7. The van der Waals surface area contributed by atoms with Crippen molar-refractivity contribution in [2.45, 2.75) is 219 Å². The van der Waals surface area contributed by atoms with Crippen LogP contribution in [0.4, 0.5) is 0 Å². The second-order valence-electron chi connectivity index (χ2n) is 17.1. The Morgan fingerprint density at radius 1 is 0.328 bits per heavy atom. The standard InChI is InChI=1S/C61H96O6/c1-4-7-10-13-16-19-22-25-28-30-32-33-36-39-42-45-48-51-54-60(63)66-57-58(56-65-59(62)53-50-47-44-41-38-35-27-24-21-18-15-12-9-6-3)67-61(64)55-52-49-46-43-40-37-34-31-29-26-23-20-17-14-11-8-5-2/h8-9,11-12,17-18,20-22,25-30,32-35,37,43,46,58H,4-7,10,13-16,19,23-24,31,36,38-42,44-45,47-57H2,1-3H3/b11-8-,12-9-,20-17-,21-18-,25-22-,29-26-,30-28-,33-32-,35-27-,37-34-,46-43-. The molecule has 0 rings (SSSR count). The molecule has 1 atom stereocenters. The Bertz CT molecular complexity index is 1480. The summed E-state index contributed by atoms with van der Waals surface area (Å²) in [6, 6.07) is 0. The van der Waals surface area contributed by atoms with Gasteiger partial charge in [-0.1, -0.05) is 212 Å². The van der Waals surface area contributed by atoms with Crippen LogP contribution in [-0.2, 0) is 28.6 Å². The van der Waals surface area contributed by atoms with Gasteiger partial charge in [-0.3, -0.25) is 14.4 Å². The molecule has 1 unspecified atom stereocenters. The number of esters is 3. The van der Waals surface area contributed by atoms with E-state index in [0.29, 0.717) is 19.3 Å². The van der Waals surface area contributed by atoms with Gasteiger partial charge < -0.3 is 14.2 Å². The number of hydrogen-bond donors (Lipinski definition) is 0. The predicted octanol–water partition coefficient (Wildman–Crippen LogP) is 17.9. The van der Waals surface area contributed by atoms with E-state index in [1.807, 2.05) is 0 Å². The summed E-state index contributed by atoms with van der Waals surface area (Å²) in [7, 11) is 0. The van der Waals surface area contributed by atoms with Crippen LogP contribution >= 0.6 is 0 Å². The summed E-state index contributed by atoms with van der Waals surface area (Å²) >= 11 is 0. The van der Waals surface area contributed by atoms with Crippen molar-refractivity contribution in [2.24, 2.45) is 0 Å². The average molecular weight is 925 g/mol. The van der Waals surface area contributed by atoms with E-state index in [4.69, 9.17) is 14.2 Å². The number of ether oxygens (including phenoxy) is 3. The minimum absolute atomic E-state index is 0.124. The van der Waals surface area contributed by atoms with Crippen LogP contribution in [0.25, 0.3) is 0 Å². The quantitative estimate of drug-likeness (QED) is 0.0199. The van der Waals surface area contributed by atoms with Crippen LogP contribution in [0, 0.1) is 0 Å². The van der Waals surface area contributed by atoms with Crippen molar-refractivity contribution in [1.29, 1.82) is 0 Å². The summed E-state index contributed by atoms with van der Waals surface area (Å²) in [6.07, 6.45) is 75.8. The summed E-state index contributed by atoms with van der Waals surface area (Å²) in [5.74, 6) is -1.03. The second kappa shape index (κ2) is 54.2. The van der Waals surface area contributed by atoms with Crippen LogP contribution in [-0.4, -0.2) is 37.2 Å². The van der Waals surface area contributed by atoms with Crippen molar-refractivity contribution in [3.05, 3.63) is 134 Å². The first-order chi connectivity index (χ1) is 33.0. The van der Waals surface area contributed by atoms with Crippen molar-refractivity contribution in [2.75, 3.05) is 13.2 Å². The third-order valence-electron chi connectivity index (χ3n) is 10.7. The molecule has 0 saturated heterocycles. The highest BCUT2D eigenvalue weighted by Crippen LogP contribution is 2.12. The lowest BCUT2D eigenvalue weighted by Crippen LogP contribution is -2.30. The molecule has 0 N–H and O–H groups in total. The largest absolute Gasteiger partial charge is 0.462 e. The number of hydrogen-bond acceptors (Lipinski definition) is 6. The van der Waals surface area contributed by atoms with Crippen molar-refractivity contribution < 1.29 is 28.6 Å². The molecule has 0 saturated carbocycles. The Morgan fingerprint density at radius 2 is 0.657 bits per heavy atom. The van der Waals surface area contributed by atoms with Gasteiger partial charge in [-0.25, -0.2) is 0 Å². The van der Waals surface area contributed by atoms with Crippen LogP contribution in [0.1, 0.15) is 213 Å². The van der Waals surface area contributed by atoms with E-state index in [0.717, 1.165) is 135 Å². The summed E-state index contributed by atoms with van der Waals surface area (Å²) in [4.78, 5) is 38.0. The normalized spacial score (nSPS) is 13.2.